The topological polar surface area (TPSA) is 57.6 Å². The Hall–Kier alpha value is -2.62. The molecular weight excluding hydrogens is 338 g/mol. The second-order valence-corrected chi connectivity index (χ2v) is 8.74. The van der Waals surface area contributed by atoms with E-state index in [2.05, 4.69) is 33.8 Å². The van der Waals surface area contributed by atoms with Crippen LogP contribution >= 0.6 is 0 Å². The Morgan fingerprint density at radius 2 is 1.37 bits per heavy atom. The Morgan fingerprint density at radius 3 is 1.93 bits per heavy atom. The smallest absolute Gasteiger partial charge is 0.335 e. The van der Waals surface area contributed by atoms with Crippen molar-refractivity contribution in [3.63, 3.8) is 0 Å². The maximum atomic E-state index is 13.0. The number of carboxylic acid groups (broad SMARTS) is 1. The molecule has 0 aliphatic heterocycles. The first-order valence-electron chi connectivity index (χ1n) is 9.29. The quantitative estimate of drug-likeness (QED) is 0.832. The van der Waals surface area contributed by atoms with Gasteiger partial charge in [0.2, 0.25) is 0 Å². The first-order chi connectivity index (χ1) is 12.5. The molecule has 3 rings (SSSR count). The summed E-state index contributed by atoms with van der Waals surface area (Å²) in [5.74, 6) is -1.07. The predicted molar refractivity (Wildman–Crippen MR) is 108 cm³/mol. The molecule has 0 heterocycles. The van der Waals surface area contributed by atoms with Crippen LogP contribution in [0.1, 0.15) is 72.4 Å². The van der Waals surface area contributed by atoms with E-state index in [1.807, 2.05) is 12.1 Å². The van der Waals surface area contributed by atoms with Gasteiger partial charge in [0.25, 0.3) is 5.91 Å². The van der Waals surface area contributed by atoms with Gasteiger partial charge in [-0.05, 0) is 71.2 Å². The lowest BCUT2D eigenvalue weighted by atomic mass is 9.63. The van der Waals surface area contributed by atoms with Crippen molar-refractivity contribution in [2.45, 2.75) is 51.4 Å². The number of amides is 1. The number of anilines is 1. The van der Waals surface area contributed by atoms with Gasteiger partial charge in [-0.15, -0.1) is 0 Å². The number of hydrogen-bond donors (Lipinski definition) is 1. The molecule has 0 aromatic heterocycles. The molecule has 27 heavy (non-hydrogen) atoms. The highest BCUT2D eigenvalue weighted by Crippen LogP contribution is 2.46. The van der Waals surface area contributed by atoms with Crippen molar-refractivity contribution in [3.05, 3.63) is 64.7 Å². The molecular formula is C23H27NO3. The second-order valence-electron chi connectivity index (χ2n) is 8.74. The SMILES string of the molecule is CN(C(=O)c1ccc2c(c1)C(C)(C)CCC2(C)C)c1ccc(C(=O)O)cc1. The fourth-order valence-electron chi connectivity index (χ4n) is 3.86. The van der Waals surface area contributed by atoms with Gasteiger partial charge in [0, 0.05) is 18.3 Å². The Morgan fingerprint density at radius 1 is 0.852 bits per heavy atom. The summed E-state index contributed by atoms with van der Waals surface area (Å²) in [6.45, 7) is 9.00. The summed E-state index contributed by atoms with van der Waals surface area (Å²) in [6.07, 6.45) is 2.23. The van der Waals surface area contributed by atoms with E-state index in [0.29, 0.717) is 11.3 Å². The molecule has 0 bridgehead atoms. The molecule has 0 saturated carbocycles. The molecule has 1 aliphatic rings. The molecule has 2 aromatic carbocycles. The molecule has 0 radical (unpaired) electrons. The van der Waals surface area contributed by atoms with Gasteiger partial charge in [0.1, 0.15) is 0 Å². The molecule has 0 fully saturated rings. The molecule has 1 amide bonds. The monoisotopic (exact) mass is 365 g/mol. The fourth-order valence-corrected chi connectivity index (χ4v) is 3.86. The highest BCUT2D eigenvalue weighted by molar-refractivity contribution is 6.06. The average molecular weight is 365 g/mol. The third-order valence-corrected chi connectivity index (χ3v) is 5.91. The number of rotatable bonds is 3. The van der Waals surface area contributed by atoms with Gasteiger partial charge in [-0.3, -0.25) is 4.79 Å². The van der Waals surface area contributed by atoms with Crippen LogP contribution in [0.5, 0.6) is 0 Å². The van der Waals surface area contributed by atoms with E-state index in [9.17, 15) is 9.59 Å². The second kappa shape index (κ2) is 6.52. The number of nitrogens with zero attached hydrogens (tertiary/aromatic N) is 1. The Balaban J connectivity index is 1.94. The van der Waals surface area contributed by atoms with Crippen LogP contribution in [0.2, 0.25) is 0 Å². The van der Waals surface area contributed by atoms with Crippen LogP contribution < -0.4 is 4.90 Å². The summed E-state index contributed by atoms with van der Waals surface area (Å²) in [5, 5.41) is 9.02. The minimum atomic E-state index is -0.977. The number of aromatic carboxylic acids is 1. The molecule has 0 atom stereocenters. The number of carbonyl (C=O) groups excluding carboxylic acids is 1. The van der Waals surface area contributed by atoms with E-state index in [0.717, 1.165) is 12.8 Å². The van der Waals surface area contributed by atoms with Crippen LogP contribution in [-0.4, -0.2) is 24.0 Å². The maximum absolute atomic E-state index is 13.0. The molecule has 0 spiro atoms. The van der Waals surface area contributed by atoms with Gasteiger partial charge in [-0.25, -0.2) is 4.79 Å². The number of benzene rings is 2. The Bertz CT molecular complexity index is 894. The van der Waals surface area contributed by atoms with Gasteiger partial charge in [-0.2, -0.15) is 0 Å². The van der Waals surface area contributed by atoms with E-state index in [-0.39, 0.29) is 22.3 Å². The molecule has 0 unspecified atom stereocenters. The van der Waals surface area contributed by atoms with Crippen molar-refractivity contribution >= 4 is 17.6 Å². The fraction of sp³-hybridized carbons (Fsp3) is 0.391. The van der Waals surface area contributed by atoms with Crippen molar-refractivity contribution in [1.82, 2.24) is 0 Å². The van der Waals surface area contributed by atoms with Crippen molar-refractivity contribution in [2.75, 3.05) is 11.9 Å². The van der Waals surface area contributed by atoms with Gasteiger partial charge < -0.3 is 10.0 Å². The van der Waals surface area contributed by atoms with Gasteiger partial charge in [0.15, 0.2) is 0 Å². The summed E-state index contributed by atoms with van der Waals surface area (Å²) in [4.78, 5) is 25.6. The Labute approximate surface area is 160 Å². The summed E-state index contributed by atoms with van der Waals surface area (Å²) in [5.41, 5.74) is 4.26. The van der Waals surface area contributed by atoms with E-state index < -0.39 is 5.97 Å². The largest absolute Gasteiger partial charge is 0.478 e. The van der Waals surface area contributed by atoms with E-state index in [4.69, 9.17) is 5.11 Å². The van der Waals surface area contributed by atoms with Crippen molar-refractivity contribution in [2.24, 2.45) is 0 Å². The lowest BCUT2D eigenvalue weighted by molar-refractivity contribution is 0.0696. The average Bonchev–Trinajstić information content (AvgIpc) is 2.64. The van der Waals surface area contributed by atoms with Crippen molar-refractivity contribution in [1.29, 1.82) is 0 Å². The highest BCUT2D eigenvalue weighted by Gasteiger charge is 2.37. The zero-order valence-corrected chi connectivity index (χ0v) is 16.7. The molecule has 1 N–H and O–H groups in total. The predicted octanol–water partition coefficient (Wildman–Crippen LogP) is 5.01. The molecule has 2 aromatic rings. The minimum Gasteiger partial charge on any atom is -0.478 e. The standard InChI is InChI=1S/C23H27NO3/c1-22(2)12-13-23(3,4)19-14-16(8-11-18(19)22)20(25)24(5)17-9-6-15(7-10-17)21(26)27/h6-11,14H,12-13H2,1-5H3,(H,26,27). The Kier molecular flexibility index (Phi) is 4.62. The summed E-state index contributed by atoms with van der Waals surface area (Å²) in [6, 6.07) is 12.4. The summed E-state index contributed by atoms with van der Waals surface area (Å²) < 4.78 is 0. The van der Waals surface area contributed by atoms with Crippen LogP contribution in [0.15, 0.2) is 42.5 Å². The molecule has 4 heteroatoms. The van der Waals surface area contributed by atoms with Crippen LogP contribution in [-0.2, 0) is 10.8 Å². The number of carboxylic acids is 1. The van der Waals surface area contributed by atoms with Crippen LogP contribution in [0.3, 0.4) is 0 Å². The number of carbonyl (C=O) groups is 2. The zero-order valence-electron chi connectivity index (χ0n) is 16.7. The van der Waals surface area contributed by atoms with E-state index >= 15 is 0 Å². The molecule has 1 aliphatic carbocycles. The maximum Gasteiger partial charge on any atom is 0.335 e. The summed E-state index contributed by atoms with van der Waals surface area (Å²) in [7, 11) is 1.71. The lowest BCUT2D eigenvalue weighted by Crippen LogP contribution is -2.34. The van der Waals surface area contributed by atoms with Crippen molar-refractivity contribution in [3.8, 4) is 0 Å². The molecule has 142 valence electrons. The normalized spacial score (nSPS) is 17.1. The number of hydrogen-bond acceptors (Lipinski definition) is 2. The van der Waals surface area contributed by atoms with Crippen LogP contribution in [0.25, 0.3) is 0 Å². The van der Waals surface area contributed by atoms with Gasteiger partial charge >= 0.3 is 5.97 Å². The number of fused-ring (bicyclic) bond motifs is 1. The van der Waals surface area contributed by atoms with E-state index in [1.54, 1.807) is 24.1 Å². The summed E-state index contributed by atoms with van der Waals surface area (Å²) >= 11 is 0. The van der Waals surface area contributed by atoms with Gasteiger partial charge in [0.05, 0.1) is 5.56 Å². The lowest BCUT2D eigenvalue weighted by Gasteiger charge is -2.42. The zero-order chi connectivity index (χ0) is 20.0. The molecule has 4 nitrogen and oxygen atoms in total. The minimum absolute atomic E-state index is 0.0445. The van der Waals surface area contributed by atoms with E-state index in [1.165, 1.54) is 23.3 Å². The first kappa shape index (κ1) is 19.2. The van der Waals surface area contributed by atoms with Crippen LogP contribution in [0.4, 0.5) is 5.69 Å². The third kappa shape index (κ3) is 3.48. The third-order valence-electron chi connectivity index (χ3n) is 5.91. The molecule has 0 saturated heterocycles. The highest BCUT2D eigenvalue weighted by atomic mass is 16.4. The first-order valence-corrected chi connectivity index (χ1v) is 9.29. The van der Waals surface area contributed by atoms with Gasteiger partial charge in [-0.1, -0.05) is 33.8 Å². The van der Waals surface area contributed by atoms with Crippen molar-refractivity contribution < 1.29 is 14.7 Å². The van der Waals surface area contributed by atoms with Crippen LogP contribution in [0, 0.1) is 0 Å².